The molecule has 78 valence electrons. The highest BCUT2D eigenvalue weighted by atomic mass is 32.1. The van der Waals surface area contributed by atoms with Crippen molar-refractivity contribution in [2.45, 2.75) is 13.8 Å². The number of hydrogen-bond acceptors (Lipinski definition) is 4. The van der Waals surface area contributed by atoms with Gasteiger partial charge < -0.3 is 11.1 Å². The fourth-order valence-electron chi connectivity index (χ4n) is 1.25. The van der Waals surface area contributed by atoms with Gasteiger partial charge in [-0.2, -0.15) is 0 Å². The van der Waals surface area contributed by atoms with Gasteiger partial charge in [0.25, 0.3) is 0 Å². The van der Waals surface area contributed by atoms with Gasteiger partial charge in [-0.25, -0.2) is 4.98 Å². The molecule has 0 aliphatic rings. The van der Waals surface area contributed by atoms with Gasteiger partial charge in [0.15, 0.2) is 0 Å². The van der Waals surface area contributed by atoms with Gasteiger partial charge in [0.2, 0.25) is 0 Å². The van der Waals surface area contributed by atoms with Crippen LogP contribution in [0.2, 0.25) is 0 Å². The van der Waals surface area contributed by atoms with E-state index in [0.717, 1.165) is 22.1 Å². The summed E-state index contributed by atoms with van der Waals surface area (Å²) in [6.07, 6.45) is 1.68. The number of anilines is 3. The molecule has 15 heavy (non-hydrogen) atoms. The van der Waals surface area contributed by atoms with Crippen LogP contribution in [0.1, 0.15) is 11.1 Å². The van der Waals surface area contributed by atoms with Gasteiger partial charge >= 0.3 is 0 Å². The minimum Gasteiger partial charge on any atom is -0.397 e. The molecule has 0 saturated carbocycles. The Morgan fingerprint density at radius 1 is 1.33 bits per heavy atom. The van der Waals surface area contributed by atoms with Crippen molar-refractivity contribution in [1.82, 2.24) is 4.98 Å². The fraction of sp³-hybridized carbons (Fsp3) is 0.182. The average molecular weight is 219 g/mol. The predicted octanol–water partition coefficient (Wildman–Crippen LogP) is 3.09. The van der Waals surface area contributed by atoms with Crippen molar-refractivity contribution in [1.29, 1.82) is 0 Å². The van der Waals surface area contributed by atoms with Crippen molar-refractivity contribution in [3.63, 3.8) is 0 Å². The van der Waals surface area contributed by atoms with Crippen LogP contribution in [0.4, 0.5) is 16.5 Å². The van der Waals surface area contributed by atoms with E-state index in [4.69, 9.17) is 5.73 Å². The van der Waals surface area contributed by atoms with E-state index in [1.807, 2.05) is 13.0 Å². The molecule has 2 aromatic rings. The summed E-state index contributed by atoms with van der Waals surface area (Å²) in [6, 6.07) is 4.03. The molecule has 0 spiro atoms. The van der Waals surface area contributed by atoms with E-state index in [9.17, 15) is 0 Å². The van der Waals surface area contributed by atoms with E-state index < -0.39 is 0 Å². The molecule has 0 bridgehead atoms. The summed E-state index contributed by atoms with van der Waals surface area (Å²) in [5, 5.41) is 6.46. The molecule has 3 N–H and O–H groups in total. The Hall–Kier alpha value is -1.55. The molecule has 0 saturated heterocycles. The monoisotopic (exact) mass is 219 g/mol. The van der Waals surface area contributed by atoms with Gasteiger partial charge in [0, 0.05) is 0 Å². The number of nitrogens with one attached hydrogen (secondary N) is 1. The predicted molar refractivity (Wildman–Crippen MR) is 65.7 cm³/mol. The SMILES string of the molecule is Cc1cc(Nc2sccc2C)ncc1N. The maximum absolute atomic E-state index is 5.70. The first-order valence-corrected chi connectivity index (χ1v) is 5.58. The summed E-state index contributed by atoms with van der Waals surface area (Å²) in [6.45, 7) is 4.05. The first-order chi connectivity index (χ1) is 7.16. The first kappa shape index (κ1) is 9.98. The molecule has 4 heteroatoms. The maximum Gasteiger partial charge on any atom is 0.131 e. The standard InChI is InChI=1S/C11H13N3S/c1-7-3-4-15-11(7)14-10-5-8(2)9(12)6-13-10/h3-6H,12H2,1-2H3,(H,13,14). The molecule has 3 nitrogen and oxygen atoms in total. The van der Waals surface area contributed by atoms with Gasteiger partial charge in [0.1, 0.15) is 5.82 Å². The van der Waals surface area contributed by atoms with Crippen LogP contribution in [0.3, 0.4) is 0 Å². The van der Waals surface area contributed by atoms with E-state index in [-0.39, 0.29) is 0 Å². The molecule has 0 atom stereocenters. The Labute approximate surface area is 93.0 Å². The Bertz CT molecular complexity index is 476. The fourth-order valence-corrected chi connectivity index (χ4v) is 2.08. The van der Waals surface area contributed by atoms with E-state index >= 15 is 0 Å². The van der Waals surface area contributed by atoms with Crippen molar-refractivity contribution in [2.24, 2.45) is 0 Å². The molecule has 0 aromatic carbocycles. The second-order valence-electron chi connectivity index (χ2n) is 3.48. The van der Waals surface area contributed by atoms with Crippen molar-refractivity contribution in [3.05, 3.63) is 34.8 Å². The molecule has 0 fully saturated rings. The van der Waals surface area contributed by atoms with Gasteiger partial charge in [-0.15, -0.1) is 11.3 Å². The number of aromatic nitrogens is 1. The zero-order valence-electron chi connectivity index (χ0n) is 8.74. The lowest BCUT2D eigenvalue weighted by Gasteiger charge is -2.06. The molecular formula is C11H13N3S. The van der Waals surface area contributed by atoms with Crippen molar-refractivity contribution >= 4 is 27.8 Å². The van der Waals surface area contributed by atoms with Crippen LogP contribution in [0, 0.1) is 13.8 Å². The van der Waals surface area contributed by atoms with Crippen LogP contribution < -0.4 is 11.1 Å². The molecule has 0 amide bonds. The van der Waals surface area contributed by atoms with Crippen molar-refractivity contribution in [3.8, 4) is 0 Å². The molecule has 2 aromatic heterocycles. The van der Waals surface area contributed by atoms with Gasteiger partial charge in [-0.3, -0.25) is 0 Å². The third-order valence-corrected chi connectivity index (χ3v) is 3.19. The van der Waals surface area contributed by atoms with Crippen LogP contribution in [0.25, 0.3) is 0 Å². The molecule has 0 unspecified atom stereocenters. The number of nitrogens with zero attached hydrogens (tertiary/aromatic N) is 1. The van der Waals surface area contributed by atoms with Crippen LogP contribution in [-0.2, 0) is 0 Å². The van der Waals surface area contributed by atoms with Crippen molar-refractivity contribution in [2.75, 3.05) is 11.1 Å². The normalized spacial score (nSPS) is 10.3. The Kier molecular flexibility index (Phi) is 2.60. The minimum atomic E-state index is 0.725. The topological polar surface area (TPSA) is 50.9 Å². The molecule has 2 heterocycles. The molecule has 0 aliphatic carbocycles. The number of nitrogen functional groups attached to an aromatic ring is 1. The number of pyridine rings is 1. The molecule has 0 aliphatic heterocycles. The zero-order valence-corrected chi connectivity index (χ0v) is 9.56. The zero-order chi connectivity index (χ0) is 10.8. The van der Waals surface area contributed by atoms with E-state index in [0.29, 0.717) is 0 Å². The van der Waals surface area contributed by atoms with E-state index in [1.165, 1.54) is 5.56 Å². The number of hydrogen-bond donors (Lipinski definition) is 2. The molecule has 0 radical (unpaired) electrons. The van der Waals surface area contributed by atoms with Crippen molar-refractivity contribution < 1.29 is 0 Å². The summed E-state index contributed by atoms with van der Waals surface area (Å²) in [4.78, 5) is 4.23. The molecular weight excluding hydrogens is 206 g/mol. The summed E-state index contributed by atoms with van der Waals surface area (Å²) >= 11 is 1.67. The van der Waals surface area contributed by atoms with Crippen LogP contribution in [-0.4, -0.2) is 4.98 Å². The highest BCUT2D eigenvalue weighted by Gasteiger charge is 2.02. The second-order valence-corrected chi connectivity index (χ2v) is 4.40. The number of rotatable bonds is 2. The molecule has 2 rings (SSSR count). The summed E-state index contributed by atoms with van der Waals surface area (Å²) in [5.74, 6) is 0.840. The van der Waals surface area contributed by atoms with Gasteiger partial charge in [0.05, 0.1) is 16.9 Å². The van der Waals surface area contributed by atoms with Crippen LogP contribution >= 0.6 is 11.3 Å². The third-order valence-electron chi connectivity index (χ3n) is 2.25. The minimum absolute atomic E-state index is 0.725. The number of thiophene rings is 1. The summed E-state index contributed by atoms with van der Waals surface area (Å²) in [5.41, 5.74) is 8.71. The summed E-state index contributed by atoms with van der Waals surface area (Å²) in [7, 11) is 0. The third kappa shape index (κ3) is 2.10. The average Bonchev–Trinajstić information content (AvgIpc) is 2.59. The summed E-state index contributed by atoms with van der Waals surface area (Å²) < 4.78 is 0. The van der Waals surface area contributed by atoms with E-state index in [2.05, 4.69) is 28.7 Å². The highest BCUT2D eigenvalue weighted by molar-refractivity contribution is 7.14. The smallest absolute Gasteiger partial charge is 0.131 e. The van der Waals surface area contributed by atoms with Crippen LogP contribution in [0.5, 0.6) is 0 Å². The van der Waals surface area contributed by atoms with Gasteiger partial charge in [-0.1, -0.05) is 0 Å². The highest BCUT2D eigenvalue weighted by Crippen LogP contribution is 2.26. The van der Waals surface area contributed by atoms with Gasteiger partial charge in [-0.05, 0) is 42.5 Å². The lowest BCUT2D eigenvalue weighted by molar-refractivity contribution is 1.28. The number of aryl methyl sites for hydroxylation is 2. The lowest BCUT2D eigenvalue weighted by Crippen LogP contribution is -1.96. The Morgan fingerprint density at radius 3 is 2.73 bits per heavy atom. The Morgan fingerprint density at radius 2 is 2.13 bits per heavy atom. The first-order valence-electron chi connectivity index (χ1n) is 4.70. The number of nitrogens with two attached hydrogens (primary N) is 1. The maximum atomic E-state index is 5.70. The Balaban J connectivity index is 2.25. The second kappa shape index (κ2) is 3.90. The van der Waals surface area contributed by atoms with Crippen LogP contribution in [0.15, 0.2) is 23.7 Å². The quantitative estimate of drug-likeness (QED) is 0.816. The largest absolute Gasteiger partial charge is 0.397 e. The lowest BCUT2D eigenvalue weighted by atomic mass is 10.2. The van der Waals surface area contributed by atoms with E-state index in [1.54, 1.807) is 17.5 Å².